The number of carbonyl (C=O) groups excluding carboxylic acids is 1. The zero-order valence-corrected chi connectivity index (χ0v) is 7.43. The first kappa shape index (κ1) is 8.87. The van der Waals surface area contributed by atoms with Crippen molar-refractivity contribution in [1.82, 2.24) is 5.32 Å². The Bertz CT molecular complexity index is 151. The van der Waals surface area contributed by atoms with E-state index >= 15 is 0 Å². The maximum atomic E-state index is 10.9. The average molecular weight is 175 g/mol. The molecule has 1 fully saturated rings. The summed E-state index contributed by atoms with van der Waals surface area (Å²) in [5.74, 6) is 0.235. The molecule has 1 rings (SSSR count). The molecular weight excluding hydrogens is 162 g/mol. The van der Waals surface area contributed by atoms with Crippen molar-refractivity contribution in [1.29, 1.82) is 0 Å². The van der Waals surface area contributed by atoms with Crippen LogP contribution in [0.5, 0.6) is 0 Å². The SMILES string of the molecule is CC1OCCC1NC(=O)CS. The van der Waals surface area contributed by atoms with E-state index in [1.54, 1.807) is 0 Å². The van der Waals surface area contributed by atoms with Gasteiger partial charge in [-0.3, -0.25) is 4.79 Å². The number of rotatable bonds is 2. The molecule has 1 amide bonds. The molecule has 1 aliphatic rings. The van der Waals surface area contributed by atoms with Crippen LogP contribution in [0.1, 0.15) is 13.3 Å². The lowest BCUT2D eigenvalue weighted by molar-refractivity contribution is -0.119. The molecule has 0 radical (unpaired) electrons. The van der Waals surface area contributed by atoms with Gasteiger partial charge in [0.1, 0.15) is 0 Å². The smallest absolute Gasteiger partial charge is 0.230 e. The predicted molar refractivity (Wildman–Crippen MR) is 45.8 cm³/mol. The zero-order chi connectivity index (χ0) is 8.27. The fraction of sp³-hybridized carbons (Fsp3) is 0.857. The van der Waals surface area contributed by atoms with Crippen molar-refractivity contribution in [3.8, 4) is 0 Å². The van der Waals surface area contributed by atoms with Crippen LogP contribution in [0.4, 0.5) is 0 Å². The summed E-state index contributed by atoms with van der Waals surface area (Å²) in [6.07, 6.45) is 1.07. The number of thiol groups is 1. The van der Waals surface area contributed by atoms with Crippen LogP contribution in [0, 0.1) is 0 Å². The minimum atomic E-state index is -0.0179. The van der Waals surface area contributed by atoms with Crippen molar-refractivity contribution in [3.63, 3.8) is 0 Å². The first-order valence-electron chi connectivity index (χ1n) is 3.76. The van der Waals surface area contributed by atoms with Gasteiger partial charge in [0.2, 0.25) is 5.91 Å². The quantitative estimate of drug-likeness (QED) is 0.589. The summed E-state index contributed by atoms with van der Waals surface area (Å²) in [7, 11) is 0. The second-order valence-electron chi connectivity index (χ2n) is 2.70. The molecule has 0 aliphatic carbocycles. The Labute approximate surface area is 71.9 Å². The molecule has 4 heteroatoms. The van der Waals surface area contributed by atoms with Crippen LogP contribution in [0.2, 0.25) is 0 Å². The Balaban J connectivity index is 2.30. The second kappa shape index (κ2) is 3.97. The highest BCUT2D eigenvalue weighted by atomic mass is 32.1. The summed E-state index contributed by atoms with van der Waals surface area (Å²) in [5.41, 5.74) is 0. The van der Waals surface area contributed by atoms with Crippen LogP contribution < -0.4 is 5.32 Å². The van der Waals surface area contributed by atoms with Crippen molar-refractivity contribution >= 4 is 18.5 Å². The topological polar surface area (TPSA) is 38.3 Å². The molecule has 2 unspecified atom stereocenters. The Hall–Kier alpha value is -0.220. The van der Waals surface area contributed by atoms with Gasteiger partial charge >= 0.3 is 0 Å². The van der Waals surface area contributed by atoms with Gasteiger partial charge in [-0.15, -0.1) is 0 Å². The molecule has 0 aromatic carbocycles. The minimum absolute atomic E-state index is 0.0179. The first-order chi connectivity index (χ1) is 5.24. The van der Waals surface area contributed by atoms with Crippen LogP contribution >= 0.6 is 12.6 Å². The Morgan fingerprint density at radius 1 is 1.82 bits per heavy atom. The van der Waals surface area contributed by atoms with Gasteiger partial charge in [-0.1, -0.05) is 0 Å². The summed E-state index contributed by atoms with van der Waals surface area (Å²) in [6.45, 7) is 2.72. The monoisotopic (exact) mass is 175 g/mol. The molecule has 1 aliphatic heterocycles. The van der Waals surface area contributed by atoms with Gasteiger partial charge in [0.25, 0.3) is 0 Å². The van der Waals surface area contributed by atoms with Crippen molar-refractivity contribution in [2.45, 2.75) is 25.5 Å². The third-order valence-electron chi connectivity index (χ3n) is 1.87. The Morgan fingerprint density at radius 2 is 2.55 bits per heavy atom. The van der Waals surface area contributed by atoms with Crippen LogP contribution in [-0.4, -0.2) is 30.4 Å². The standard InChI is InChI=1S/C7H13NO2S/c1-5-6(2-3-10-5)8-7(9)4-11/h5-6,11H,2-4H2,1H3,(H,8,9). The van der Waals surface area contributed by atoms with E-state index in [4.69, 9.17) is 4.74 Å². The van der Waals surface area contributed by atoms with Gasteiger partial charge in [0, 0.05) is 6.61 Å². The van der Waals surface area contributed by atoms with Crippen molar-refractivity contribution in [3.05, 3.63) is 0 Å². The third kappa shape index (κ3) is 2.38. The van der Waals surface area contributed by atoms with Crippen LogP contribution in [0.3, 0.4) is 0 Å². The molecule has 3 nitrogen and oxygen atoms in total. The summed E-state index contributed by atoms with van der Waals surface area (Å²) in [6, 6.07) is 0.189. The molecular formula is C7H13NO2S. The third-order valence-corrected chi connectivity index (χ3v) is 2.15. The summed E-state index contributed by atoms with van der Waals surface area (Å²) >= 11 is 3.86. The van der Waals surface area contributed by atoms with Crippen molar-refractivity contribution in [2.24, 2.45) is 0 Å². The van der Waals surface area contributed by atoms with Gasteiger partial charge in [-0.25, -0.2) is 0 Å². The van der Waals surface area contributed by atoms with Crippen LogP contribution in [-0.2, 0) is 9.53 Å². The van der Waals surface area contributed by atoms with E-state index in [0.717, 1.165) is 13.0 Å². The molecule has 0 bridgehead atoms. The molecule has 0 aromatic heterocycles. The van der Waals surface area contributed by atoms with Crippen LogP contribution in [0.15, 0.2) is 0 Å². The lowest BCUT2D eigenvalue weighted by Gasteiger charge is -2.14. The molecule has 11 heavy (non-hydrogen) atoms. The van der Waals surface area contributed by atoms with E-state index in [-0.39, 0.29) is 23.8 Å². The number of nitrogens with one attached hydrogen (secondary N) is 1. The maximum Gasteiger partial charge on any atom is 0.230 e. The Kier molecular flexibility index (Phi) is 3.20. The highest BCUT2D eigenvalue weighted by Gasteiger charge is 2.24. The molecule has 0 aromatic rings. The lowest BCUT2D eigenvalue weighted by Crippen LogP contribution is -2.39. The van der Waals surface area contributed by atoms with Gasteiger partial charge in [0.15, 0.2) is 0 Å². The highest BCUT2D eigenvalue weighted by Crippen LogP contribution is 2.12. The van der Waals surface area contributed by atoms with E-state index in [1.165, 1.54) is 0 Å². The fourth-order valence-electron chi connectivity index (χ4n) is 1.17. The predicted octanol–water partition coefficient (Wildman–Crippen LogP) is 0.210. The first-order valence-corrected chi connectivity index (χ1v) is 4.39. The lowest BCUT2D eigenvalue weighted by atomic mass is 10.1. The van der Waals surface area contributed by atoms with Gasteiger partial charge in [-0.2, -0.15) is 12.6 Å². The molecule has 64 valence electrons. The minimum Gasteiger partial charge on any atom is -0.376 e. The second-order valence-corrected chi connectivity index (χ2v) is 3.01. The summed E-state index contributed by atoms with van der Waals surface area (Å²) < 4.78 is 5.27. The van der Waals surface area contributed by atoms with E-state index in [0.29, 0.717) is 0 Å². The molecule has 1 heterocycles. The number of hydrogen-bond acceptors (Lipinski definition) is 3. The van der Waals surface area contributed by atoms with E-state index in [1.807, 2.05) is 6.92 Å². The zero-order valence-electron chi connectivity index (χ0n) is 6.54. The molecule has 2 atom stereocenters. The number of carbonyl (C=O) groups is 1. The number of ether oxygens (including phenoxy) is 1. The largest absolute Gasteiger partial charge is 0.376 e. The highest BCUT2D eigenvalue weighted by molar-refractivity contribution is 7.81. The molecule has 1 N–H and O–H groups in total. The molecule has 0 saturated carbocycles. The normalized spacial score (nSPS) is 30.4. The summed E-state index contributed by atoms with van der Waals surface area (Å²) in [4.78, 5) is 10.9. The van der Waals surface area contributed by atoms with Gasteiger partial charge < -0.3 is 10.1 Å². The van der Waals surface area contributed by atoms with E-state index in [2.05, 4.69) is 17.9 Å². The Morgan fingerprint density at radius 3 is 3.00 bits per heavy atom. The average Bonchev–Trinajstić information content (AvgIpc) is 2.37. The summed E-state index contributed by atoms with van der Waals surface area (Å²) in [5, 5.41) is 2.84. The van der Waals surface area contributed by atoms with Gasteiger partial charge in [-0.05, 0) is 13.3 Å². The van der Waals surface area contributed by atoms with Crippen LogP contribution in [0.25, 0.3) is 0 Å². The number of amides is 1. The van der Waals surface area contributed by atoms with E-state index in [9.17, 15) is 4.79 Å². The number of hydrogen-bond donors (Lipinski definition) is 2. The molecule has 1 saturated heterocycles. The van der Waals surface area contributed by atoms with E-state index < -0.39 is 0 Å². The molecule has 0 spiro atoms. The van der Waals surface area contributed by atoms with Crippen molar-refractivity contribution < 1.29 is 9.53 Å². The maximum absolute atomic E-state index is 10.9. The van der Waals surface area contributed by atoms with Crippen molar-refractivity contribution in [2.75, 3.05) is 12.4 Å². The fourth-order valence-corrected chi connectivity index (χ4v) is 1.26. The van der Waals surface area contributed by atoms with Gasteiger partial charge in [0.05, 0.1) is 17.9 Å².